The molecule has 0 aromatic heterocycles. The van der Waals surface area contributed by atoms with Gasteiger partial charge in [-0.3, -0.25) is 24.0 Å². The van der Waals surface area contributed by atoms with Gasteiger partial charge in [0.2, 0.25) is 17.7 Å². The van der Waals surface area contributed by atoms with Gasteiger partial charge in [0.15, 0.2) is 0 Å². The van der Waals surface area contributed by atoms with Crippen LogP contribution < -0.4 is 21.7 Å². The lowest BCUT2D eigenvalue weighted by Crippen LogP contribution is -2.56. The number of hydrogen-bond acceptors (Lipinski definition) is 7. The molecule has 12 heteroatoms. The molecule has 0 saturated carbocycles. The highest BCUT2D eigenvalue weighted by Crippen LogP contribution is 1.97. The number of nitrogens with two attached hydrogens (primary N) is 1. The predicted molar refractivity (Wildman–Crippen MR) is 82.1 cm³/mol. The third-order valence-corrected chi connectivity index (χ3v) is 3.03. The molecule has 0 rings (SSSR count). The van der Waals surface area contributed by atoms with Crippen molar-refractivity contribution < 1.29 is 39.3 Å². The number of amides is 3. The molecular formula is C13H22N4O8. The Morgan fingerprint density at radius 2 is 1.40 bits per heavy atom. The number of nitrogens with one attached hydrogen (secondary N) is 3. The Balaban J connectivity index is 4.92. The van der Waals surface area contributed by atoms with Gasteiger partial charge < -0.3 is 37.0 Å². The normalized spacial score (nSPS) is 15.2. The van der Waals surface area contributed by atoms with Crippen molar-refractivity contribution in [2.24, 2.45) is 5.73 Å². The van der Waals surface area contributed by atoms with Crippen LogP contribution in [0.15, 0.2) is 0 Å². The van der Waals surface area contributed by atoms with E-state index in [1.165, 1.54) is 13.8 Å². The van der Waals surface area contributed by atoms with Crippen molar-refractivity contribution in [3.8, 4) is 0 Å². The molecule has 0 bridgehead atoms. The molecule has 142 valence electrons. The van der Waals surface area contributed by atoms with Gasteiger partial charge in [-0.25, -0.2) is 0 Å². The Morgan fingerprint density at radius 1 is 0.880 bits per heavy atom. The number of carbonyl (C=O) groups is 5. The maximum Gasteiger partial charge on any atom is 0.325 e. The van der Waals surface area contributed by atoms with E-state index in [-0.39, 0.29) is 0 Å². The summed E-state index contributed by atoms with van der Waals surface area (Å²) >= 11 is 0. The van der Waals surface area contributed by atoms with Crippen LogP contribution in [0.25, 0.3) is 0 Å². The van der Waals surface area contributed by atoms with Crippen LogP contribution in [0, 0.1) is 0 Å². The Bertz CT molecular complexity index is 538. The summed E-state index contributed by atoms with van der Waals surface area (Å²) in [5, 5.41) is 32.6. The van der Waals surface area contributed by atoms with E-state index in [0.29, 0.717) is 0 Å². The smallest absolute Gasteiger partial charge is 0.325 e. The van der Waals surface area contributed by atoms with E-state index >= 15 is 0 Å². The summed E-state index contributed by atoms with van der Waals surface area (Å²) < 4.78 is 0. The fraction of sp³-hybridized carbons (Fsp3) is 0.615. The van der Waals surface area contributed by atoms with E-state index in [2.05, 4.69) is 10.6 Å². The fourth-order valence-corrected chi connectivity index (χ4v) is 1.53. The largest absolute Gasteiger partial charge is 0.481 e. The van der Waals surface area contributed by atoms with Crippen LogP contribution in [-0.2, 0) is 24.0 Å². The van der Waals surface area contributed by atoms with Crippen molar-refractivity contribution in [1.82, 2.24) is 16.0 Å². The maximum absolute atomic E-state index is 12.0. The average Bonchev–Trinajstić information content (AvgIpc) is 2.52. The quantitative estimate of drug-likeness (QED) is 0.204. The van der Waals surface area contributed by atoms with E-state index < -0.39 is 66.9 Å². The standard InChI is InChI=1S/C13H22N4O8/c1-5(15-11(22)7(14)4-18)10(21)17-8(3-9(19)20)12(23)16-6(2)13(24)25/h5-8,18H,3-4,14H2,1-2H3,(H,15,22)(H,16,23)(H,17,21)(H,19,20)(H,24,25). The first-order valence-corrected chi connectivity index (χ1v) is 7.21. The van der Waals surface area contributed by atoms with Gasteiger partial charge in [-0.2, -0.15) is 0 Å². The number of carbonyl (C=O) groups excluding carboxylic acids is 3. The van der Waals surface area contributed by atoms with Crippen molar-refractivity contribution in [3.05, 3.63) is 0 Å². The lowest BCUT2D eigenvalue weighted by atomic mass is 10.1. The van der Waals surface area contributed by atoms with Crippen molar-refractivity contribution in [3.63, 3.8) is 0 Å². The molecule has 12 nitrogen and oxygen atoms in total. The first-order chi connectivity index (χ1) is 11.5. The monoisotopic (exact) mass is 362 g/mol. The number of aliphatic hydroxyl groups excluding tert-OH is 1. The highest BCUT2D eigenvalue weighted by Gasteiger charge is 2.28. The van der Waals surface area contributed by atoms with Gasteiger partial charge in [0.1, 0.15) is 24.2 Å². The molecule has 0 aliphatic rings. The number of carboxylic acids is 2. The van der Waals surface area contributed by atoms with Crippen LogP contribution in [-0.4, -0.2) is 75.8 Å². The first-order valence-electron chi connectivity index (χ1n) is 7.21. The first kappa shape index (κ1) is 22.3. The third kappa shape index (κ3) is 8.08. The van der Waals surface area contributed by atoms with Crippen molar-refractivity contribution in [1.29, 1.82) is 0 Å². The fourth-order valence-electron chi connectivity index (χ4n) is 1.53. The van der Waals surface area contributed by atoms with Crippen LogP contribution in [0.5, 0.6) is 0 Å². The van der Waals surface area contributed by atoms with Gasteiger partial charge in [0.05, 0.1) is 13.0 Å². The topological polar surface area (TPSA) is 208 Å². The zero-order valence-corrected chi connectivity index (χ0v) is 13.7. The molecule has 0 aliphatic heterocycles. The van der Waals surface area contributed by atoms with Gasteiger partial charge in [-0.15, -0.1) is 0 Å². The zero-order valence-electron chi connectivity index (χ0n) is 13.7. The van der Waals surface area contributed by atoms with E-state index in [1.54, 1.807) is 0 Å². The molecule has 0 aromatic rings. The molecule has 0 heterocycles. The number of aliphatic carboxylic acids is 2. The van der Waals surface area contributed by atoms with E-state index in [1.807, 2.05) is 5.32 Å². The molecule has 0 aliphatic carbocycles. The molecule has 3 amide bonds. The van der Waals surface area contributed by atoms with Gasteiger partial charge in [-0.05, 0) is 13.8 Å². The Morgan fingerprint density at radius 3 is 1.84 bits per heavy atom. The summed E-state index contributed by atoms with van der Waals surface area (Å²) in [6.07, 6.45) is -0.791. The SMILES string of the molecule is CC(NC(=O)C(CC(=O)O)NC(=O)C(C)NC(=O)C(N)CO)C(=O)O. The Labute approximate surface area is 142 Å². The molecule has 4 unspecified atom stereocenters. The van der Waals surface area contributed by atoms with Gasteiger partial charge in [0, 0.05) is 0 Å². The number of hydrogen-bond donors (Lipinski definition) is 7. The van der Waals surface area contributed by atoms with Crippen LogP contribution in [0.4, 0.5) is 0 Å². The van der Waals surface area contributed by atoms with E-state index in [4.69, 9.17) is 21.1 Å². The average molecular weight is 362 g/mol. The van der Waals surface area contributed by atoms with Gasteiger partial charge in [0.25, 0.3) is 0 Å². The van der Waals surface area contributed by atoms with E-state index in [0.717, 1.165) is 0 Å². The van der Waals surface area contributed by atoms with Crippen molar-refractivity contribution in [2.45, 2.75) is 44.4 Å². The molecule has 0 saturated heterocycles. The zero-order chi connectivity index (χ0) is 19.7. The van der Waals surface area contributed by atoms with Crippen molar-refractivity contribution >= 4 is 29.7 Å². The van der Waals surface area contributed by atoms with Crippen molar-refractivity contribution in [2.75, 3.05) is 6.61 Å². The summed E-state index contributed by atoms with van der Waals surface area (Å²) in [4.78, 5) is 57.0. The summed E-state index contributed by atoms with van der Waals surface area (Å²) in [5.41, 5.74) is 5.27. The molecule has 0 spiro atoms. The van der Waals surface area contributed by atoms with Crippen LogP contribution >= 0.6 is 0 Å². The van der Waals surface area contributed by atoms with Crippen LogP contribution in [0.2, 0.25) is 0 Å². The Kier molecular flexibility index (Phi) is 9.09. The minimum Gasteiger partial charge on any atom is -0.481 e. The van der Waals surface area contributed by atoms with E-state index in [9.17, 15) is 24.0 Å². The minimum atomic E-state index is -1.54. The molecule has 0 fully saturated rings. The van der Waals surface area contributed by atoms with Crippen LogP contribution in [0.1, 0.15) is 20.3 Å². The number of carboxylic acid groups (broad SMARTS) is 2. The highest BCUT2D eigenvalue weighted by molar-refractivity contribution is 5.95. The highest BCUT2D eigenvalue weighted by atomic mass is 16.4. The second-order valence-corrected chi connectivity index (χ2v) is 5.25. The minimum absolute atomic E-state index is 0.642. The third-order valence-electron chi connectivity index (χ3n) is 3.03. The lowest BCUT2D eigenvalue weighted by molar-refractivity contribution is -0.143. The van der Waals surface area contributed by atoms with Crippen LogP contribution in [0.3, 0.4) is 0 Å². The molecule has 25 heavy (non-hydrogen) atoms. The Hall–Kier alpha value is -2.73. The molecule has 0 aromatic carbocycles. The van der Waals surface area contributed by atoms with Gasteiger partial charge in [-0.1, -0.05) is 0 Å². The summed E-state index contributed by atoms with van der Waals surface area (Å²) in [6.45, 7) is 1.78. The van der Waals surface area contributed by atoms with Gasteiger partial charge >= 0.3 is 11.9 Å². The molecule has 4 atom stereocenters. The number of rotatable bonds is 10. The number of aliphatic hydroxyl groups is 1. The maximum atomic E-state index is 12.0. The second-order valence-electron chi connectivity index (χ2n) is 5.25. The molecule has 0 radical (unpaired) electrons. The summed E-state index contributed by atoms with van der Waals surface area (Å²) in [7, 11) is 0. The predicted octanol–water partition coefficient (Wildman–Crippen LogP) is -3.64. The molecule has 8 N–H and O–H groups in total. The second kappa shape index (κ2) is 10.2. The summed E-state index contributed by atoms with van der Waals surface area (Å²) in [6, 6.07) is -5.26. The molecular weight excluding hydrogens is 340 g/mol. The lowest BCUT2D eigenvalue weighted by Gasteiger charge is -2.21. The summed E-state index contributed by atoms with van der Waals surface area (Å²) in [5.74, 6) is -5.45.